The van der Waals surface area contributed by atoms with Gasteiger partial charge in [0.05, 0.1) is 24.5 Å². The Balaban J connectivity index is 1.98. The lowest BCUT2D eigenvalue weighted by molar-refractivity contribution is -0.122. The Labute approximate surface area is 148 Å². The Morgan fingerprint density at radius 3 is 2.64 bits per heavy atom. The molecule has 2 aromatic rings. The Hall–Kier alpha value is -2.54. The van der Waals surface area contributed by atoms with Gasteiger partial charge < -0.3 is 20.6 Å². The first-order valence-electron chi connectivity index (χ1n) is 8.47. The van der Waals surface area contributed by atoms with Crippen molar-refractivity contribution in [2.45, 2.75) is 25.9 Å². The maximum absolute atomic E-state index is 11.7. The number of benzene rings is 1. The predicted molar refractivity (Wildman–Crippen MR) is 99.7 cm³/mol. The second-order valence-corrected chi connectivity index (χ2v) is 6.09. The fourth-order valence-corrected chi connectivity index (χ4v) is 2.55. The van der Waals surface area contributed by atoms with Crippen LogP contribution in [0.25, 0.3) is 0 Å². The van der Waals surface area contributed by atoms with Crippen LogP contribution in [0.5, 0.6) is 0 Å². The van der Waals surface area contributed by atoms with Gasteiger partial charge in [-0.15, -0.1) is 0 Å². The van der Waals surface area contributed by atoms with Crippen LogP contribution >= 0.6 is 0 Å². The number of carbonyl (C=O) groups excluding carboxylic acids is 1. The van der Waals surface area contributed by atoms with Gasteiger partial charge in [0.25, 0.3) is 0 Å². The van der Waals surface area contributed by atoms with Gasteiger partial charge in [0.2, 0.25) is 5.91 Å². The average molecular weight is 345 g/mol. The van der Waals surface area contributed by atoms with Gasteiger partial charge in [-0.25, -0.2) is 0 Å². The van der Waals surface area contributed by atoms with Crippen LogP contribution in [-0.2, 0) is 11.3 Å². The molecule has 1 heterocycles. The minimum Gasteiger partial charge on any atom is -0.395 e. The number of hydrogen-bond donors (Lipinski definition) is 3. The molecule has 0 radical (unpaired) electrons. The summed E-state index contributed by atoms with van der Waals surface area (Å²) >= 11 is 0. The largest absolute Gasteiger partial charge is 0.395 e. The predicted octanol–water partition coefficient (Wildman–Crippen LogP) is 1.62. The number of rotatable bonds is 9. The van der Waals surface area contributed by atoms with E-state index in [1.54, 1.807) is 10.9 Å². The van der Waals surface area contributed by atoms with E-state index in [1.807, 2.05) is 20.3 Å². The van der Waals surface area contributed by atoms with E-state index in [0.29, 0.717) is 0 Å². The van der Waals surface area contributed by atoms with Crippen molar-refractivity contribution >= 4 is 17.3 Å². The third kappa shape index (κ3) is 5.49. The standard InChI is InChI=1S/C18H27N5O2/c1-4-17(14-5-7-16(8-6-14)22(2)3)21-15-11-20-23(12-15)13-18(25)19-9-10-24/h5-8,11-12,17,21,24H,4,9-10,13H2,1-3H3,(H,19,25). The summed E-state index contributed by atoms with van der Waals surface area (Å²) in [6.07, 6.45) is 4.47. The molecule has 0 spiro atoms. The van der Waals surface area contributed by atoms with Gasteiger partial charge in [-0.05, 0) is 24.1 Å². The van der Waals surface area contributed by atoms with Crippen molar-refractivity contribution in [1.29, 1.82) is 0 Å². The van der Waals surface area contributed by atoms with Crippen molar-refractivity contribution < 1.29 is 9.90 Å². The molecule has 0 saturated carbocycles. The van der Waals surface area contributed by atoms with Gasteiger partial charge >= 0.3 is 0 Å². The number of aromatic nitrogens is 2. The molecule has 25 heavy (non-hydrogen) atoms. The monoisotopic (exact) mass is 345 g/mol. The van der Waals surface area contributed by atoms with E-state index < -0.39 is 0 Å². The van der Waals surface area contributed by atoms with E-state index in [9.17, 15) is 4.79 Å². The molecule has 0 bridgehead atoms. The molecule has 0 aliphatic rings. The summed E-state index contributed by atoms with van der Waals surface area (Å²) in [5.41, 5.74) is 3.25. The van der Waals surface area contributed by atoms with Crippen molar-refractivity contribution in [2.75, 3.05) is 37.5 Å². The van der Waals surface area contributed by atoms with Gasteiger partial charge in [-0.1, -0.05) is 19.1 Å². The molecule has 1 amide bonds. The minimum atomic E-state index is -0.171. The van der Waals surface area contributed by atoms with E-state index in [1.165, 1.54) is 11.3 Å². The number of aliphatic hydroxyl groups is 1. The smallest absolute Gasteiger partial charge is 0.241 e. The van der Waals surface area contributed by atoms with E-state index in [0.717, 1.165) is 12.1 Å². The summed E-state index contributed by atoms with van der Waals surface area (Å²) in [6, 6.07) is 8.65. The fourth-order valence-electron chi connectivity index (χ4n) is 2.55. The molecular formula is C18H27N5O2. The zero-order valence-electron chi connectivity index (χ0n) is 15.1. The topological polar surface area (TPSA) is 82.4 Å². The first kappa shape index (κ1) is 18.8. The van der Waals surface area contributed by atoms with Crippen LogP contribution in [0.15, 0.2) is 36.7 Å². The molecule has 7 heteroatoms. The lowest BCUT2D eigenvalue weighted by atomic mass is 10.0. The van der Waals surface area contributed by atoms with E-state index >= 15 is 0 Å². The molecule has 2 rings (SSSR count). The molecule has 1 aromatic heterocycles. The van der Waals surface area contributed by atoms with Crippen molar-refractivity contribution in [3.8, 4) is 0 Å². The highest BCUT2D eigenvalue weighted by molar-refractivity contribution is 5.75. The lowest BCUT2D eigenvalue weighted by Gasteiger charge is -2.19. The molecule has 1 aromatic carbocycles. The second kappa shape index (κ2) is 9.08. The third-order valence-corrected chi connectivity index (χ3v) is 3.93. The summed E-state index contributed by atoms with van der Waals surface area (Å²) < 4.78 is 1.58. The Morgan fingerprint density at radius 1 is 1.32 bits per heavy atom. The first-order chi connectivity index (χ1) is 12.0. The maximum atomic E-state index is 11.7. The van der Waals surface area contributed by atoms with Crippen molar-refractivity contribution in [3.63, 3.8) is 0 Å². The lowest BCUT2D eigenvalue weighted by Crippen LogP contribution is -2.30. The maximum Gasteiger partial charge on any atom is 0.241 e. The van der Waals surface area contributed by atoms with E-state index in [2.05, 4.69) is 51.8 Å². The number of hydrogen-bond acceptors (Lipinski definition) is 5. The van der Waals surface area contributed by atoms with Crippen LogP contribution in [-0.4, -0.2) is 48.0 Å². The molecular weight excluding hydrogens is 318 g/mol. The number of carbonyl (C=O) groups is 1. The van der Waals surface area contributed by atoms with E-state index in [-0.39, 0.29) is 31.6 Å². The number of amides is 1. The number of nitrogens with zero attached hydrogens (tertiary/aromatic N) is 3. The third-order valence-electron chi connectivity index (χ3n) is 3.93. The zero-order chi connectivity index (χ0) is 18.2. The number of nitrogens with one attached hydrogen (secondary N) is 2. The van der Waals surface area contributed by atoms with Crippen LogP contribution in [0.2, 0.25) is 0 Å². The van der Waals surface area contributed by atoms with Crippen molar-refractivity contribution in [2.24, 2.45) is 0 Å². The Kier molecular flexibility index (Phi) is 6.82. The highest BCUT2D eigenvalue weighted by atomic mass is 16.3. The summed E-state index contributed by atoms with van der Waals surface area (Å²) in [4.78, 5) is 13.7. The highest BCUT2D eigenvalue weighted by Gasteiger charge is 2.11. The van der Waals surface area contributed by atoms with Gasteiger partial charge in [-0.2, -0.15) is 5.10 Å². The Bertz CT molecular complexity index is 666. The quantitative estimate of drug-likeness (QED) is 0.643. The number of anilines is 2. The molecule has 0 aliphatic heterocycles. The van der Waals surface area contributed by atoms with E-state index in [4.69, 9.17) is 5.11 Å². The van der Waals surface area contributed by atoms with Gasteiger partial charge in [0, 0.05) is 32.5 Å². The first-order valence-corrected chi connectivity index (χ1v) is 8.47. The average Bonchev–Trinajstić information content (AvgIpc) is 3.05. The summed E-state index contributed by atoms with van der Waals surface area (Å²) in [6.45, 7) is 2.45. The van der Waals surface area contributed by atoms with Gasteiger partial charge in [0.1, 0.15) is 6.54 Å². The summed E-state index contributed by atoms with van der Waals surface area (Å²) in [7, 11) is 4.05. The normalized spacial score (nSPS) is 11.8. The molecule has 0 aliphatic carbocycles. The SMILES string of the molecule is CCC(Nc1cnn(CC(=O)NCCO)c1)c1ccc(N(C)C)cc1. The molecule has 0 fully saturated rings. The Morgan fingerprint density at radius 2 is 2.04 bits per heavy atom. The number of aliphatic hydroxyl groups excluding tert-OH is 1. The summed E-state index contributed by atoms with van der Waals surface area (Å²) in [5, 5.41) is 19.0. The van der Waals surface area contributed by atoms with Crippen LogP contribution < -0.4 is 15.5 Å². The van der Waals surface area contributed by atoms with Crippen LogP contribution in [0, 0.1) is 0 Å². The fraction of sp³-hybridized carbons (Fsp3) is 0.444. The van der Waals surface area contributed by atoms with Crippen LogP contribution in [0.4, 0.5) is 11.4 Å². The molecule has 7 nitrogen and oxygen atoms in total. The molecule has 0 saturated heterocycles. The van der Waals surface area contributed by atoms with Crippen molar-refractivity contribution in [3.05, 3.63) is 42.2 Å². The molecule has 1 atom stereocenters. The van der Waals surface area contributed by atoms with Crippen molar-refractivity contribution in [1.82, 2.24) is 15.1 Å². The zero-order valence-corrected chi connectivity index (χ0v) is 15.1. The minimum absolute atomic E-state index is 0.0670. The van der Waals surface area contributed by atoms with Gasteiger partial charge in [0.15, 0.2) is 0 Å². The van der Waals surface area contributed by atoms with Gasteiger partial charge in [-0.3, -0.25) is 9.48 Å². The molecule has 3 N–H and O–H groups in total. The highest BCUT2D eigenvalue weighted by Crippen LogP contribution is 2.24. The molecule has 136 valence electrons. The van der Waals surface area contributed by atoms with Crippen LogP contribution in [0.1, 0.15) is 24.9 Å². The second-order valence-electron chi connectivity index (χ2n) is 6.09. The summed E-state index contributed by atoms with van der Waals surface area (Å²) in [5.74, 6) is -0.171. The van der Waals surface area contributed by atoms with Crippen LogP contribution in [0.3, 0.4) is 0 Å². The molecule has 1 unspecified atom stereocenters.